The van der Waals surface area contributed by atoms with Gasteiger partial charge in [0.2, 0.25) is 10.0 Å². The Labute approximate surface area is 116 Å². The minimum atomic E-state index is -3.62. The fraction of sp³-hybridized carbons (Fsp3) is 0.250. The topological polar surface area (TPSA) is 85.1 Å². The molecule has 2 aromatic rings. The van der Waals surface area contributed by atoms with Crippen molar-refractivity contribution in [2.24, 2.45) is 5.14 Å². The maximum Gasteiger partial charge on any atom is 0.238 e. The van der Waals surface area contributed by atoms with Crippen molar-refractivity contribution in [2.75, 3.05) is 11.9 Å². The number of hydrogen-bond donors (Lipinski definition) is 2. The monoisotopic (exact) mass is 297 g/mol. The van der Waals surface area contributed by atoms with Crippen LogP contribution in [0.1, 0.15) is 10.7 Å². The summed E-state index contributed by atoms with van der Waals surface area (Å²) < 4.78 is 22.2. The van der Waals surface area contributed by atoms with E-state index in [-0.39, 0.29) is 4.90 Å². The van der Waals surface area contributed by atoms with E-state index in [1.807, 2.05) is 12.3 Å². The average Bonchev–Trinajstić information content (AvgIpc) is 2.75. The normalized spacial score (nSPS) is 11.5. The van der Waals surface area contributed by atoms with Crippen molar-refractivity contribution in [1.29, 1.82) is 0 Å². The van der Waals surface area contributed by atoms with Gasteiger partial charge in [0.1, 0.15) is 0 Å². The Morgan fingerprint density at radius 1 is 1.32 bits per heavy atom. The zero-order valence-electron chi connectivity index (χ0n) is 10.5. The summed E-state index contributed by atoms with van der Waals surface area (Å²) in [6, 6.07) is 6.38. The number of thiazole rings is 1. The predicted octanol–water partition coefficient (Wildman–Crippen LogP) is 1.75. The van der Waals surface area contributed by atoms with E-state index in [2.05, 4.69) is 10.3 Å². The Bertz CT molecular complexity index is 648. The molecule has 1 aromatic carbocycles. The van der Waals surface area contributed by atoms with Crippen molar-refractivity contribution in [3.05, 3.63) is 40.3 Å². The summed E-state index contributed by atoms with van der Waals surface area (Å²) >= 11 is 1.64. The van der Waals surface area contributed by atoms with E-state index in [9.17, 15) is 8.42 Å². The van der Waals surface area contributed by atoms with Crippen molar-refractivity contribution in [3.8, 4) is 0 Å². The van der Waals surface area contributed by atoms with Gasteiger partial charge in [0.15, 0.2) is 0 Å². The number of anilines is 1. The molecule has 0 aliphatic carbocycles. The molecule has 0 bridgehead atoms. The van der Waals surface area contributed by atoms with Crippen LogP contribution < -0.4 is 10.5 Å². The van der Waals surface area contributed by atoms with Gasteiger partial charge in [0.05, 0.1) is 15.6 Å². The quantitative estimate of drug-likeness (QED) is 0.880. The van der Waals surface area contributed by atoms with E-state index >= 15 is 0 Å². The van der Waals surface area contributed by atoms with Gasteiger partial charge in [-0.1, -0.05) is 0 Å². The van der Waals surface area contributed by atoms with Crippen LogP contribution in [0.25, 0.3) is 0 Å². The summed E-state index contributed by atoms with van der Waals surface area (Å²) in [5.74, 6) is 0. The van der Waals surface area contributed by atoms with Gasteiger partial charge in [-0.15, -0.1) is 11.3 Å². The molecule has 0 unspecified atom stereocenters. The van der Waals surface area contributed by atoms with Crippen LogP contribution in [0.15, 0.2) is 34.5 Å². The summed E-state index contributed by atoms with van der Waals surface area (Å²) in [4.78, 5) is 4.49. The third-order valence-electron chi connectivity index (χ3n) is 2.56. The first-order valence-electron chi connectivity index (χ1n) is 5.73. The minimum Gasteiger partial charge on any atom is -0.385 e. The molecule has 0 spiro atoms. The summed E-state index contributed by atoms with van der Waals surface area (Å²) in [7, 11) is -3.62. The zero-order chi connectivity index (χ0) is 13.9. The number of rotatable bonds is 5. The second kappa shape index (κ2) is 5.68. The number of hydrogen-bond acceptors (Lipinski definition) is 5. The average molecular weight is 297 g/mol. The van der Waals surface area contributed by atoms with Crippen molar-refractivity contribution >= 4 is 27.0 Å². The van der Waals surface area contributed by atoms with Gasteiger partial charge in [-0.2, -0.15) is 0 Å². The largest absolute Gasteiger partial charge is 0.385 e. The SMILES string of the molecule is Cc1nc(CCNc2ccc(S(N)(=O)=O)cc2)cs1. The van der Waals surface area contributed by atoms with Crippen LogP contribution in [0, 0.1) is 6.92 Å². The van der Waals surface area contributed by atoms with Crippen LogP contribution in [-0.2, 0) is 16.4 Å². The summed E-state index contributed by atoms with van der Waals surface area (Å²) in [5.41, 5.74) is 1.93. The molecule has 102 valence electrons. The van der Waals surface area contributed by atoms with Gasteiger partial charge < -0.3 is 5.32 Å². The molecule has 7 heteroatoms. The second-order valence-electron chi connectivity index (χ2n) is 4.10. The van der Waals surface area contributed by atoms with E-state index in [0.29, 0.717) is 0 Å². The number of aromatic nitrogens is 1. The van der Waals surface area contributed by atoms with Crippen molar-refractivity contribution in [3.63, 3.8) is 0 Å². The highest BCUT2D eigenvalue weighted by molar-refractivity contribution is 7.89. The van der Waals surface area contributed by atoms with Crippen LogP contribution in [-0.4, -0.2) is 19.9 Å². The Hall–Kier alpha value is -1.44. The van der Waals surface area contributed by atoms with Gasteiger partial charge in [-0.3, -0.25) is 0 Å². The molecule has 19 heavy (non-hydrogen) atoms. The number of primary sulfonamides is 1. The first kappa shape index (κ1) is 14.0. The molecule has 0 saturated heterocycles. The van der Waals surface area contributed by atoms with Crippen LogP contribution in [0.2, 0.25) is 0 Å². The maximum absolute atomic E-state index is 11.1. The van der Waals surface area contributed by atoms with E-state index in [1.54, 1.807) is 23.5 Å². The van der Waals surface area contributed by atoms with E-state index in [4.69, 9.17) is 5.14 Å². The summed E-state index contributed by atoms with van der Waals surface area (Å²) in [5, 5.41) is 11.3. The van der Waals surface area contributed by atoms with Crippen LogP contribution >= 0.6 is 11.3 Å². The standard InChI is InChI=1S/C12H15N3O2S2/c1-9-15-11(8-18-9)6-7-14-10-2-4-12(5-3-10)19(13,16)17/h2-5,8,14H,6-7H2,1H3,(H2,13,16,17). The van der Waals surface area contributed by atoms with E-state index in [0.717, 1.165) is 29.4 Å². The van der Waals surface area contributed by atoms with Crippen molar-refractivity contribution in [2.45, 2.75) is 18.2 Å². The molecule has 1 heterocycles. The Kier molecular flexibility index (Phi) is 4.18. The van der Waals surface area contributed by atoms with E-state index < -0.39 is 10.0 Å². The molecule has 0 aliphatic rings. The van der Waals surface area contributed by atoms with E-state index in [1.165, 1.54) is 12.1 Å². The smallest absolute Gasteiger partial charge is 0.238 e. The number of nitrogens with one attached hydrogen (secondary N) is 1. The highest BCUT2D eigenvalue weighted by atomic mass is 32.2. The van der Waals surface area contributed by atoms with Crippen LogP contribution in [0.3, 0.4) is 0 Å². The molecule has 0 amide bonds. The van der Waals surface area contributed by atoms with Gasteiger partial charge in [-0.25, -0.2) is 18.5 Å². The van der Waals surface area contributed by atoms with Crippen LogP contribution in [0.4, 0.5) is 5.69 Å². The lowest BCUT2D eigenvalue weighted by atomic mass is 10.3. The molecular weight excluding hydrogens is 282 g/mol. The fourth-order valence-corrected chi connectivity index (χ4v) is 2.78. The predicted molar refractivity (Wildman–Crippen MR) is 76.9 cm³/mol. The molecule has 0 fully saturated rings. The third kappa shape index (κ3) is 4.02. The molecule has 0 radical (unpaired) electrons. The highest BCUT2D eigenvalue weighted by Crippen LogP contribution is 2.13. The summed E-state index contributed by atoms with van der Waals surface area (Å²) in [6.45, 7) is 2.73. The lowest BCUT2D eigenvalue weighted by Gasteiger charge is -2.06. The van der Waals surface area contributed by atoms with Gasteiger partial charge in [-0.05, 0) is 31.2 Å². The number of nitrogens with zero attached hydrogens (tertiary/aromatic N) is 1. The van der Waals surface area contributed by atoms with Crippen molar-refractivity contribution < 1.29 is 8.42 Å². The van der Waals surface area contributed by atoms with Gasteiger partial charge in [0, 0.05) is 24.0 Å². The minimum absolute atomic E-state index is 0.119. The van der Waals surface area contributed by atoms with Gasteiger partial charge in [0.25, 0.3) is 0 Å². The first-order chi connectivity index (χ1) is 8.95. The van der Waals surface area contributed by atoms with Crippen molar-refractivity contribution in [1.82, 2.24) is 4.98 Å². The Morgan fingerprint density at radius 3 is 2.53 bits per heavy atom. The lowest BCUT2D eigenvalue weighted by molar-refractivity contribution is 0.598. The first-order valence-corrected chi connectivity index (χ1v) is 8.15. The molecular formula is C12H15N3O2S2. The number of sulfonamides is 1. The molecule has 2 rings (SSSR count). The number of nitrogens with two attached hydrogens (primary N) is 1. The molecule has 0 aliphatic heterocycles. The fourth-order valence-electron chi connectivity index (χ4n) is 1.62. The molecule has 3 N–H and O–H groups in total. The Morgan fingerprint density at radius 2 is 2.00 bits per heavy atom. The molecule has 5 nitrogen and oxygen atoms in total. The maximum atomic E-state index is 11.1. The molecule has 0 saturated carbocycles. The van der Waals surface area contributed by atoms with Crippen LogP contribution in [0.5, 0.6) is 0 Å². The zero-order valence-corrected chi connectivity index (χ0v) is 12.1. The highest BCUT2D eigenvalue weighted by Gasteiger charge is 2.06. The third-order valence-corrected chi connectivity index (χ3v) is 4.31. The Balaban J connectivity index is 1.90. The molecule has 1 aromatic heterocycles. The second-order valence-corrected chi connectivity index (χ2v) is 6.73. The summed E-state index contributed by atoms with van der Waals surface area (Å²) in [6.07, 6.45) is 0.835. The number of benzene rings is 1. The molecule has 0 atom stereocenters. The number of aryl methyl sites for hydroxylation is 1. The lowest BCUT2D eigenvalue weighted by Crippen LogP contribution is -2.12. The van der Waals surface area contributed by atoms with Gasteiger partial charge >= 0.3 is 0 Å².